The number of ether oxygens (including phenoxy) is 2. The van der Waals surface area contributed by atoms with Crippen molar-refractivity contribution in [2.24, 2.45) is 0 Å². The van der Waals surface area contributed by atoms with Gasteiger partial charge in [0.15, 0.2) is 0 Å². The van der Waals surface area contributed by atoms with E-state index in [0.717, 1.165) is 0 Å². The molecule has 0 fully saturated rings. The van der Waals surface area contributed by atoms with Gasteiger partial charge in [-0.3, -0.25) is 4.79 Å². The number of nitrogens with one attached hydrogen (secondary N) is 2. The van der Waals surface area contributed by atoms with Gasteiger partial charge >= 0.3 is 0 Å². The normalized spacial score (nSPS) is 11.7. The van der Waals surface area contributed by atoms with Crippen molar-refractivity contribution >= 4 is 11.9 Å². The van der Waals surface area contributed by atoms with Crippen molar-refractivity contribution in [3.63, 3.8) is 0 Å². The van der Waals surface area contributed by atoms with Crippen LogP contribution >= 0.6 is 0 Å². The van der Waals surface area contributed by atoms with Crippen LogP contribution in [0.1, 0.15) is 6.92 Å². The summed E-state index contributed by atoms with van der Waals surface area (Å²) >= 11 is 0. The molecule has 1 aromatic rings. The Hall–Kier alpha value is -1.89. The zero-order valence-electron chi connectivity index (χ0n) is 10.8. The van der Waals surface area contributed by atoms with Crippen LogP contribution < -0.4 is 15.4 Å². The van der Waals surface area contributed by atoms with Crippen LogP contribution in [0.5, 0.6) is 5.88 Å². The lowest BCUT2D eigenvalue weighted by atomic mass is 10.3. The SMILES string of the molecule is COCCNC(=O)C(C)Nc1nccc(OC)n1. The quantitative estimate of drug-likeness (QED) is 0.669. The van der Waals surface area contributed by atoms with Crippen LogP contribution in [0, 0.1) is 0 Å². The van der Waals surface area contributed by atoms with Gasteiger partial charge in [0.1, 0.15) is 6.04 Å². The molecule has 7 heteroatoms. The lowest BCUT2D eigenvalue weighted by molar-refractivity contribution is -0.121. The van der Waals surface area contributed by atoms with Crippen molar-refractivity contribution in [2.75, 3.05) is 32.7 Å². The third-order valence-corrected chi connectivity index (χ3v) is 2.18. The maximum Gasteiger partial charge on any atom is 0.242 e. The highest BCUT2D eigenvalue weighted by molar-refractivity contribution is 5.83. The molecular formula is C11H18N4O3. The molecule has 0 radical (unpaired) electrons. The summed E-state index contributed by atoms with van der Waals surface area (Å²) in [6.07, 6.45) is 1.56. The first kappa shape index (κ1) is 14.2. The molecular weight excluding hydrogens is 236 g/mol. The molecule has 1 rings (SSSR count). The average Bonchev–Trinajstić information content (AvgIpc) is 2.39. The van der Waals surface area contributed by atoms with Gasteiger partial charge in [-0.1, -0.05) is 0 Å². The first-order chi connectivity index (χ1) is 8.67. The van der Waals surface area contributed by atoms with Crippen LogP contribution in [-0.2, 0) is 9.53 Å². The molecule has 0 spiro atoms. The van der Waals surface area contributed by atoms with Gasteiger partial charge in [-0.25, -0.2) is 4.98 Å². The minimum Gasteiger partial charge on any atom is -0.481 e. The predicted octanol–water partition coefficient (Wildman–Crippen LogP) is 0.0482. The second-order valence-corrected chi connectivity index (χ2v) is 3.57. The van der Waals surface area contributed by atoms with Gasteiger partial charge in [0.25, 0.3) is 0 Å². The lowest BCUT2D eigenvalue weighted by Crippen LogP contribution is -2.39. The number of aromatic nitrogens is 2. The molecule has 0 saturated heterocycles. The van der Waals surface area contributed by atoms with Crippen molar-refractivity contribution in [1.29, 1.82) is 0 Å². The van der Waals surface area contributed by atoms with Gasteiger partial charge in [0.05, 0.1) is 13.7 Å². The summed E-state index contributed by atoms with van der Waals surface area (Å²) in [6.45, 7) is 2.68. The summed E-state index contributed by atoms with van der Waals surface area (Å²) in [6, 6.07) is 1.20. The van der Waals surface area contributed by atoms with Crippen molar-refractivity contribution in [3.8, 4) is 5.88 Å². The maximum atomic E-state index is 11.7. The molecule has 1 unspecified atom stereocenters. The van der Waals surface area contributed by atoms with E-state index in [1.54, 1.807) is 26.3 Å². The summed E-state index contributed by atoms with van der Waals surface area (Å²) < 4.78 is 9.81. The Labute approximate surface area is 106 Å². The number of amides is 1. The smallest absolute Gasteiger partial charge is 0.242 e. The summed E-state index contributed by atoms with van der Waals surface area (Å²) in [5.74, 6) is 0.654. The Bertz CT molecular complexity index is 386. The zero-order valence-corrected chi connectivity index (χ0v) is 10.8. The standard InChI is InChI=1S/C11H18N4O3/c1-8(10(16)12-6-7-17-2)14-11-13-5-4-9(15-11)18-3/h4-5,8H,6-7H2,1-3H3,(H,12,16)(H,13,14,15). The highest BCUT2D eigenvalue weighted by Crippen LogP contribution is 2.08. The van der Waals surface area contributed by atoms with Crippen LogP contribution in [0.4, 0.5) is 5.95 Å². The molecule has 2 N–H and O–H groups in total. The Morgan fingerprint density at radius 3 is 2.94 bits per heavy atom. The third kappa shape index (κ3) is 4.54. The van der Waals surface area contributed by atoms with E-state index in [9.17, 15) is 4.79 Å². The van der Waals surface area contributed by atoms with E-state index in [1.165, 1.54) is 7.11 Å². The van der Waals surface area contributed by atoms with E-state index >= 15 is 0 Å². The van der Waals surface area contributed by atoms with Crippen LogP contribution in [0.25, 0.3) is 0 Å². The van der Waals surface area contributed by atoms with Gasteiger partial charge in [0.2, 0.25) is 17.7 Å². The lowest BCUT2D eigenvalue weighted by Gasteiger charge is -2.13. The van der Waals surface area contributed by atoms with E-state index in [2.05, 4.69) is 20.6 Å². The van der Waals surface area contributed by atoms with Gasteiger partial charge in [-0.15, -0.1) is 0 Å². The molecule has 18 heavy (non-hydrogen) atoms. The molecule has 7 nitrogen and oxygen atoms in total. The van der Waals surface area contributed by atoms with Crippen LogP contribution in [0.3, 0.4) is 0 Å². The van der Waals surface area contributed by atoms with Gasteiger partial charge in [-0.05, 0) is 6.92 Å². The summed E-state index contributed by atoms with van der Waals surface area (Å²) in [5.41, 5.74) is 0. The molecule has 0 aromatic carbocycles. The van der Waals surface area contributed by atoms with Crippen LogP contribution in [-0.4, -0.2) is 49.3 Å². The highest BCUT2D eigenvalue weighted by atomic mass is 16.5. The number of methoxy groups -OCH3 is 2. The zero-order chi connectivity index (χ0) is 13.4. The number of nitrogens with zero attached hydrogens (tertiary/aromatic N) is 2. The first-order valence-corrected chi connectivity index (χ1v) is 5.57. The van der Waals surface area contributed by atoms with Crippen molar-refractivity contribution < 1.29 is 14.3 Å². The number of carbonyl (C=O) groups is 1. The topological polar surface area (TPSA) is 85.4 Å². The molecule has 0 aliphatic heterocycles. The molecule has 1 amide bonds. The van der Waals surface area contributed by atoms with E-state index in [1.807, 2.05) is 0 Å². The Kier molecular flexibility index (Phi) is 5.86. The van der Waals surface area contributed by atoms with Gasteiger partial charge in [-0.2, -0.15) is 4.98 Å². The second kappa shape index (κ2) is 7.44. The van der Waals surface area contributed by atoms with Gasteiger partial charge < -0.3 is 20.1 Å². The van der Waals surface area contributed by atoms with Crippen LogP contribution in [0.2, 0.25) is 0 Å². The fraction of sp³-hybridized carbons (Fsp3) is 0.545. The monoisotopic (exact) mass is 254 g/mol. The highest BCUT2D eigenvalue weighted by Gasteiger charge is 2.13. The molecule has 1 aromatic heterocycles. The Morgan fingerprint density at radius 1 is 1.50 bits per heavy atom. The van der Waals surface area contributed by atoms with Crippen molar-refractivity contribution in [2.45, 2.75) is 13.0 Å². The summed E-state index contributed by atoms with van der Waals surface area (Å²) in [4.78, 5) is 19.7. The number of rotatable bonds is 7. The number of carbonyl (C=O) groups excluding carboxylic acids is 1. The molecule has 1 heterocycles. The molecule has 100 valence electrons. The number of hydrogen-bond acceptors (Lipinski definition) is 6. The molecule has 0 aliphatic carbocycles. The molecule has 0 aliphatic rings. The fourth-order valence-corrected chi connectivity index (χ4v) is 1.21. The molecule has 0 bridgehead atoms. The second-order valence-electron chi connectivity index (χ2n) is 3.57. The summed E-state index contributed by atoms with van der Waals surface area (Å²) in [7, 11) is 3.10. The molecule has 0 saturated carbocycles. The first-order valence-electron chi connectivity index (χ1n) is 5.57. The van der Waals surface area contributed by atoms with Crippen molar-refractivity contribution in [1.82, 2.24) is 15.3 Å². The number of anilines is 1. The van der Waals surface area contributed by atoms with E-state index in [0.29, 0.717) is 25.0 Å². The Morgan fingerprint density at radius 2 is 2.28 bits per heavy atom. The fourth-order valence-electron chi connectivity index (χ4n) is 1.21. The average molecular weight is 254 g/mol. The minimum atomic E-state index is -0.436. The molecule has 1 atom stereocenters. The third-order valence-electron chi connectivity index (χ3n) is 2.18. The summed E-state index contributed by atoms with van der Waals surface area (Å²) in [5, 5.41) is 5.61. The largest absolute Gasteiger partial charge is 0.481 e. The minimum absolute atomic E-state index is 0.140. The predicted molar refractivity (Wildman–Crippen MR) is 66.6 cm³/mol. The van der Waals surface area contributed by atoms with Crippen molar-refractivity contribution in [3.05, 3.63) is 12.3 Å². The number of hydrogen-bond donors (Lipinski definition) is 2. The van der Waals surface area contributed by atoms with Crippen LogP contribution in [0.15, 0.2) is 12.3 Å². The maximum absolute atomic E-state index is 11.7. The Balaban J connectivity index is 2.47. The van der Waals surface area contributed by atoms with E-state index < -0.39 is 6.04 Å². The van der Waals surface area contributed by atoms with E-state index in [4.69, 9.17) is 9.47 Å². The van der Waals surface area contributed by atoms with E-state index in [-0.39, 0.29) is 5.91 Å². The van der Waals surface area contributed by atoms with Gasteiger partial charge in [0, 0.05) is 25.9 Å².